The first-order chi connectivity index (χ1) is 14.6. The number of aromatic nitrogens is 3. The van der Waals surface area contributed by atoms with Gasteiger partial charge in [0.25, 0.3) is 5.89 Å². The molecule has 8 heteroatoms. The Labute approximate surface area is 175 Å². The first kappa shape index (κ1) is 19.9. The van der Waals surface area contributed by atoms with E-state index in [4.69, 9.17) is 4.52 Å². The van der Waals surface area contributed by atoms with E-state index in [1.807, 2.05) is 44.3 Å². The van der Waals surface area contributed by atoms with Crippen LogP contribution in [0.3, 0.4) is 0 Å². The van der Waals surface area contributed by atoms with E-state index in [1.165, 1.54) is 12.8 Å². The summed E-state index contributed by atoms with van der Waals surface area (Å²) < 4.78 is 5.29. The number of hydrogen-bond acceptors (Lipinski definition) is 6. The minimum atomic E-state index is -0.272. The van der Waals surface area contributed by atoms with Crippen molar-refractivity contribution in [2.75, 3.05) is 23.3 Å². The first-order valence-electron chi connectivity index (χ1n) is 10.3. The molecule has 0 saturated carbocycles. The Kier molecular flexibility index (Phi) is 5.92. The fourth-order valence-corrected chi connectivity index (χ4v) is 3.29. The highest BCUT2D eigenvalue weighted by Crippen LogP contribution is 2.22. The van der Waals surface area contributed by atoms with Gasteiger partial charge in [-0.05, 0) is 48.7 Å². The second-order valence-corrected chi connectivity index (χ2v) is 7.72. The molecule has 1 aliphatic rings. The molecule has 1 saturated heterocycles. The van der Waals surface area contributed by atoms with Crippen LogP contribution < -0.4 is 15.5 Å². The van der Waals surface area contributed by atoms with Crippen LogP contribution in [-0.4, -0.2) is 34.2 Å². The molecule has 1 aliphatic heterocycles. The van der Waals surface area contributed by atoms with Gasteiger partial charge in [-0.2, -0.15) is 4.98 Å². The number of amides is 2. The molecular formula is C22H26N6O2. The molecule has 4 rings (SSSR count). The molecule has 156 valence electrons. The molecule has 1 fully saturated rings. The molecule has 0 atom stereocenters. The molecule has 3 heterocycles. The average Bonchev–Trinajstić information content (AvgIpc) is 3.46. The highest BCUT2D eigenvalue weighted by atomic mass is 16.5. The number of carbonyl (C=O) groups excluding carboxylic acids is 1. The number of urea groups is 1. The number of carbonyl (C=O) groups is 1. The smallest absolute Gasteiger partial charge is 0.319 e. The Morgan fingerprint density at radius 2 is 1.90 bits per heavy atom. The number of benzene rings is 1. The molecule has 0 unspecified atom stereocenters. The lowest BCUT2D eigenvalue weighted by atomic mass is 10.2. The highest BCUT2D eigenvalue weighted by molar-refractivity contribution is 5.89. The molecule has 30 heavy (non-hydrogen) atoms. The lowest BCUT2D eigenvalue weighted by Gasteiger charge is -2.16. The monoisotopic (exact) mass is 406 g/mol. The van der Waals surface area contributed by atoms with Crippen molar-refractivity contribution in [1.29, 1.82) is 0 Å². The molecule has 0 bridgehead atoms. The lowest BCUT2D eigenvalue weighted by molar-refractivity contribution is 0.251. The Hall–Kier alpha value is -3.42. The van der Waals surface area contributed by atoms with Crippen LogP contribution in [-0.2, 0) is 6.54 Å². The van der Waals surface area contributed by atoms with E-state index in [2.05, 4.69) is 30.7 Å². The van der Waals surface area contributed by atoms with Crippen molar-refractivity contribution >= 4 is 17.5 Å². The van der Waals surface area contributed by atoms with Gasteiger partial charge in [0.2, 0.25) is 0 Å². The quantitative estimate of drug-likeness (QED) is 0.638. The van der Waals surface area contributed by atoms with E-state index in [9.17, 15) is 4.79 Å². The van der Waals surface area contributed by atoms with Gasteiger partial charge in [0.05, 0.1) is 0 Å². The van der Waals surface area contributed by atoms with Crippen LogP contribution in [0.4, 0.5) is 16.3 Å². The molecule has 2 N–H and O–H groups in total. The van der Waals surface area contributed by atoms with Gasteiger partial charge < -0.3 is 20.1 Å². The third-order valence-electron chi connectivity index (χ3n) is 5.04. The molecule has 3 aromatic rings. The van der Waals surface area contributed by atoms with Crippen LogP contribution in [0.2, 0.25) is 0 Å². The second-order valence-electron chi connectivity index (χ2n) is 7.72. The van der Waals surface area contributed by atoms with Crippen molar-refractivity contribution in [2.24, 2.45) is 0 Å². The van der Waals surface area contributed by atoms with Gasteiger partial charge in [-0.3, -0.25) is 0 Å². The van der Waals surface area contributed by atoms with Gasteiger partial charge in [-0.1, -0.05) is 25.1 Å². The number of rotatable bonds is 6. The predicted molar refractivity (Wildman–Crippen MR) is 115 cm³/mol. The summed E-state index contributed by atoms with van der Waals surface area (Å²) in [6.07, 6.45) is 4.26. The van der Waals surface area contributed by atoms with Gasteiger partial charge in [0.15, 0.2) is 5.82 Å². The number of nitrogens with one attached hydrogen (secondary N) is 2. The minimum Gasteiger partial charge on any atom is -0.357 e. The Balaban J connectivity index is 1.28. The summed E-state index contributed by atoms with van der Waals surface area (Å²) in [5, 5.41) is 9.65. The Bertz CT molecular complexity index is 976. The van der Waals surface area contributed by atoms with Gasteiger partial charge in [0.1, 0.15) is 5.82 Å². The summed E-state index contributed by atoms with van der Waals surface area (Å²) in [5.74, 6) is 2.36. The fourth-order valence-electron chi connectivity index (χ4n) is 3.29. The van der Waals surface area contributed by atoms with Gasteiger partial charge in [0, 0.05) is 43.0 Å². The summed E-state index contributed by atoms with van der Waals surface area (Å²) in [6.45, 7) is 6.57. The van der Waals surface area contributed by atoms with Crippen LogP contribution in [0.1, 0.15) is 44.0 Å². The third-order valence-corrected chi connectivity index (χ3v) is 5.04. The molecule has 0 radical (unpaired) electrons. The standard InChI is InChI=1S/C22H26N6O2/c1-15(2)20-26-21(30-27-20)17-6-8-18(9-7-17)25-22(29)24-14-16-5-10-19(23-13-16)28-11-3-4-12-28/h5-10,13,15H,3-4,11-12,14H2,1-2H3,(H2,24,25,29). The Morgan fingerprint density at radius 1 is 1.13 bits per heavy atom. The highest BCUT2D eigenvalue weighted by Gasteiger charge is 2.13. The SMILES string of the molecule is CC(C)c1noc(-c2ccc(NC(=O)NCc3ccc(N4CCCC4)nc3)cc2)n1. The van der Waals surface area contributed by atoms with E-state index in [0.717, 1.165) is 30.0 Å². The van der Waals surface area contributed by atoms with Crippen LogP contribution in [0.15, 0.2) is 47.1 Å². The van der Waals surface area contributed by atoms with E-state index in [1.54, 1.807) is 12.1 Å². The van der Waals surface area contributed by atoms with Crippen LogP contribution >= 0.6 is 0 Å². The maximum absolute atomic E-state index is 12.2. The summed E-state index contributed by atoms with van der Waals surface area (Å²) in [4.78, 5) is 23.4. The number of anilines is 2. The van der Waals surface area contributed by atoms with E-state index in [-0.39, 0.29) is 11.9 Å². The molecule has 0 aliphatic carbocycles. The van der Waals surface area contributed by atoms with E-state index < -0.39 is 0 Å². The number of pyridine rings is 1. The van der Waals surface area contributed by atoms with Crippen molar-refractivity contribution in [3.05, 3.63) is 54.0 Å². The molecule has 8 nitrogen and oxygen atoms in total. The largest absolute Gasteiger partial charge is 0.357 e. The Morgan fingerprint density at radius 3 is 2.53 bits per heavy atom. The molecule has 2 amide bonds. The van der Waals surface area contributed by atoms with Crippen LogP contribution in [0.5, 0.6) is 0 Å². The maximum Gasteiger partial charge on any atom is 0.319 e. The van der Waals surface area contributed by atoms with Gasteiger partial charge in [-0.25, -0.2) is 9.78 Å². The summed E-state index contributed by atoms with van der Waals surface area (Å²) in [5.41, 5.74) is 2.45. The number of hydrogen-bond donors (Lipinski definition) is 2. The predicted octanol–water partition coefficient (Wildman–Crippen LogP) is 4.18. The average molecular weight is 406 g/mol. The summed E-state index contributed by atoms with van der Waals surface area (Å²) >= 11 is 0. The van der Waals surface area contributed by atoms with Crippen molar-refractivity contribution in [2.45, 2.75) is 39.2 Å². The molecule has 2 aromatic heterocycles. The normalized spacial score (nSPS) is 13.6. The zero-order valence-corrected chi connectivity index (χ0v) is 17.3. The van der Waals surface area contributed by atoms with Crippen LogP contribution in [0, 0.1) is 0 Å². The molecule has 0 spiro atoms. The first-order valence-corrected chi connectivity index (χ1v) is 10.3. The van der Waals surface area contributed by atoms with Crippen molar-refractivity contribution in [1.82, 2.24) is 20.4 Å². The van der Waals surface area contributed by atoms with E-state index in [0.29, 0.717) is 23.9 Å². The van der Waals surface area contributed by atoms with Crippen molar-refractivity contribution < 1.29 is 9.32 Å². The lowest BCUT2D eigenvalue weighted by Crippen LogP contribution is -2.28. The summed E-state index contributed by atoms with van der Waals surface area (Å²) in [7, 11) is 0. The van der Waals surface area contributed by atoms with E-state index >= 15 is 0 Å². The molecular weight excluding hydrogens is 380 g/mol. The fraction of sp³-hybridized carbons (Fsp3) is 0.364. The maximum atomic E-state index is 12.2. The zero-order valence-electron chi connectivity index (χ0n) is 17.3. The topological polar surface area (TPSA) is 96.2 Å². The van der Waals surface area contributed by atoms with Gasteiger partial charge in [-0.15, -0.1) is 0 Å². The van der Waals surface area contributed by atoms with Crippen LogP contribution in [0.25, 0.3) is 11.5 Å². The molecule has 1 aromatic carbocycles. The van der Waals surface area contributed by atoms with Crippen molar-refractivity contribution in [3.63, 3.8) is 0 Å². The second kappa shape index (κ2) is 8.94. The summed E-state index contributed by atoms with van der Waals surface area (Å²) in [6, 6.07) is 11.0. The third kappa shape index (κ3) is 4.76. The zero-order chi connectivity index (χ0) is 20.9. The number of nitrogens with zero attached hydrogens (tertiary/aromatic N) is 4. The van der Waals surface area contributed by atoms with Gasteiger partial charge >= 0.3 is 6.03 Å². The van der Waals surface area contributed by atoms with Crippen molar-refractivity contribution in [3.8, 4) is 11.5 Å². The minimum absolute atomic E-state index is 0.207.